The van der Waals surface area contributed by atoms with Crippen molar-refractivity contribution in [1.82, 2.24) is 0 Å². The predicted octanol–water partition coefficient (Wildman–Crippen LogP) is 3.65. The van der Waals surface area contributed by atoms with E-state index >= 15 is 0 Å². The van der Waals surface area contributed by atoms with Crippen LogP contribution in [-0.2, 0) is 4.74 Å². The molecular weight excluding hydrogens is 200 g/mol. The van der Waals surface area contributed by atoms with Gasteiger partial charge in [0.15, 0.2) is 0 Å². The van der Waals surface area contributed by atoms with Crippen molar-refractivity contribution in [3.63, 3.8) is 0 Å². The van der Waals surface area contributed by atoms with Crippen LogP contribution in [0.25, 0.3) is 0 Å². The van der Waals surface area contributed by atoms with Crippen LogP contribution in [0.3, 0.4) is 0 Å². The van der Waals surface area contributed by atoms with Gasteiger partial charge >= 0.3 is 0 Å². The molecule has 0 aliphatic heterocycles. The van der Waals surface area contributed by atoms with Crippen LogP contribution in [0.2, 0.25) is 0 Å². The smallest absolute Gasteiger partial charge is 0.0954 e. The highest BCUT2D eigenvalue weighted by Crippen LogP contribution is 2.36. The van der Waals surface area contributed by atoms with Gasteiger partial charge in [-0.3, -0.25) is 0 Å². The number of aliphatic hydroxyl groups excluding tert-OH is 1. The highest BCUT2D eigenvalue weighted by molar-refractivity contribution is 5.21. The second kappa shape index (κ2) is 7.72. The lowest BCUT2D eigenvalue weighted by Crippen LogP contribution is -2.04. The fraction of sp³-hybridized carbons (Fsp3) is 0.857. The number of hydrogen-bond donors (Lipinski definition) is 1. The third-order valence-electron chi connectivity index (χ3n) is 3.28. The lowest BCUT2D eigenvalue weighted by atomic mass is 9.94. The summed E-state index contributed by atoms with van der Waals surface area (Å²) in [4.78, 5) is 0. The molecule has 1 unspecified atom stereocenters. The topological polar surface area (TPSA) is 29.5 Å². The van der Waals surface area contributed by atoms with Crippen LogP contribution in [0.5, 0.6) is 0 Å². The first-order valence-electron chi connectivity index (χ1n) is 6.76. The van der Waals surface area contributed by atoms with Gasteiger partial charge in [-0.25, -0.2) is 0 Å². The lowest BCUT2D eigenvalue weighted by Gasteiger charge is -2.17. The average molecular weight is 226 g/mol. The largest absolute Gasteiger partial charge is 0.498 e. The van der Waals surface area contributed by atoms with Crippen LogP contribution in [-0.4, -0.2) is 18.3 Å². The molecule has 1 fully saturated rings. The summed E-state index contributed by atoms with van der Waals surface area (Å²) in [7, 11) is 0. The molecule has 0 aromatic carbocycles. The summed E-state index contributed by atoms with van der Waals surface area (Å²) < 4.78 is 5.73. The van der Waals surface area contributed by atoms with Crippen molar-refractivity contribution in [2.24, 2.45) is 5.92 Å². The zero-order chi connectivity index (χ0) is 11.8. The minimum atomic E-state index is 0.329. The second-order valence-corrected chi connectivity index (χ2v) is 4.66. The molecule has 0 saturated heterocycles. The summed E-state index contributed by atoms with van der Waals surface area (Å²) >= 11 is 0. The van der Waals surface area contributed by atoms with Crippen molar-refractivity contribution in [3.05, 3.63) is 11.3 Å². The average Bonchev–Trinajstić information content (AvgIpc) is 3.10. The number of rotatable bonds is 9. The zero-order valence-electron chi connectivity index (χ0n) is 10.8. The zero-order valence-corrected chi connectivity index (χ0v) is 10.8. The van der Waals surface area contributed by atoms with Crippen LogP contribution in [0.1, 0.15) is 58.8 Å². The van der Waals surface area contributed by atoms with Gasteiger partial charge in [0.1, 0.15) is 0 Å². The van der Waals surface area contributed by atoms with Gasteiger partial charge in [-0.05, 0) is 44.1 Å². The summed E-state index contributed by atoms with van der Waals surface area (Å²) in [6.45, 7) is 5.45. The summed E-state index contributed by atoms with van der Waals surface area (Å²) in [6, 6.07) is 0. The van der Waals surface area contributed by atoms with E-state index in [1.807, 2.05) is 0 Å². The summed E-state index contributed by atoms with van der Waals surface area (Å²) in [5, 5.41) is 8.78. The molecule has 1 aliphatic rings. The van der Waals surface area contributed by atoms with Gasteiger partial charge in [0, 0.05) is 13.0 Å². The number of ether oxygens (including phenoxy) is 1. The Hall–Kier alpha value is -0.500. The Morgan fingerprint density at radius 3 is 2.56 bits per heavy atom. The fourth-order valence-electron chi connectivity index (χ4n) is 2.08. The minimum Gasteiger partial charge on any atom is -0.498 e. The molecule has 1 saturated carbocycles. The maximum atomic E-state index is 8.78. The van der Waals surface area contributed by atoms with E-state index in [4.69, 9.17) is 9.84 Å². The molecule has 2 heteroatoms. The Labute approximate surface area is 99.7 Å². The van der Waals surface area contributed by atoms with Crippen molar-refractivity contribution < 1.29 is 9.84 Å². The molecule has 0 heterocycles. The molecule has 0 radical (unpaired) electrons. The van der Waals surface area contributed by atoms with Gasteiger partial charge in [-0.15, -0.1) is 0 Å². The SMILES string of the molecule is CCOC(CC(CC)CCCCO)=C1CC1. The molecule has 0 amide bonds. The first-order chi connectivity index (χ1) is 7.81. The molecule has 1 N–H and O–H groups in total. The first-order valence-corrected chi connectivity index (χ1v) is 6.76. The predicted molar refractivity (Wildman–Crippen MR) is 67.2 cm³/mol. The van der Waals surface area contributed by atoms with E-state index in [0.717, 1.165) is 31.8 Å². The van der Waals surface area contributed by atoms with Gasteiger partial charge in [0.2, 0.25) is 0 Å². The van der Waals surface area contributed by atoms with Crippen molar-refractivity contribution in [2.45, 2.75) is 58.8 Å². The van der Waals surface area contributed by atoms with Gasteiger partial charge in [0.25, 0.3) is 0 Å². The van der Waals surface area contributed by atoms with Crippen LogP contribution < -0.4 is 0 Å². The van der Waals surface area contributed by atoms with E-state index in [-0.39, 0.29) is 0 Å². The normalized spacial score (nSPS) is 16.1. The van der Waals surface area contributed by atoms with Crippen LogP contribution >= 0.6 is 0 Å². The number of hydrogen-bond acceptors (Lipinski definition) is 2. The van der Waals surface area contributed by atoms with Crippen molar-refractivity contribution in [1.29, 1.82) is 0 Å². The Bertz CT molecular complexity index is 215. The van der Waals surface area contributed by atoms with E-state index in [0.29, 0.717) is 6.61 Å². The number of unbranched alkanes of at least 4 members (excludes halogenated alkanes) is 1. The minimum absolute atomic E-state index is 0.329. The highest BCUT2D eigenvalue weighted by atomic mass is 16.5. The van der Waals surface area contributed by atoms with Crippen LogP contribution in [0.15, 0.2) is 11.3 Å². The van der Waals surface area contributed by atoms with Gasteiger partial charge < -0.3 is 9.84 Å². The van der Waals surface area contributed by atoms with Gasteiger partial charge in [0.05, 0.1) is 12.4 Å². The third-order valence-corrected chi connectivity index (χ3v) is 3.28. The van der Waals surface area contributed by atoms with Crippen molar-refractivity contribution in [2.75, 3.05) is 13.2 Å². The molecule has 94 valence electrons. The van der Waals surface area contributed by atoms with Gasteiger partial charge in [-0.1, -0.05) is 19.8 Å². The van der Waals surface area contributed by atoms with Crippen molar-refractivity contribution >= 4 is 0 Å². The number of aliphatic hydroxyl groups is 1. The van der Waals surface area contributed by atoms with E-state index in [1.165, 1.54) is 31.4 Å². The lowest BCUT2D eigenvalue weighted by molar-refractivity contribution is 0.199. The number of allylic oxidation sites excluding steroid dienone is 2. The molecule has 0 aromatic rings. The molecule has 1 aliphatic carbocycles. The van der Waals surface area contributed by atoms with E-state index in [1.54, 1.807) is 5.57 Å². The standard InChI is InChI=1S/C14H26O2/c1-3-12(7-5-6-10-15)11-14(16-4-2)13-8-9-13/h12,15H,3-11H2,1-2H3. The molecule has 2 nitrogen and oxygen atoms in total. The van der Waals surface area contributed by atoms with E-state index < -0.39 is 0 Å². The van der Waals surface area contributed by atoms with Crippen LogP contribution in [0, 0.1) is 5.92 Å². The van der Waals surface area contributed by atoms with E-state index in [2.05, 4.69) is 13.8 Å². The molecular formula is C14H26O2. The Morgan fingerprint density at radius 2 is 2.06 bits per heavy atom. The second-order valence-electron chi connectivity index (χ2n) is 4.66. The highest BCUT2D eigenvalue weighted by Gasteiger charge is 2.21. The monoisotopic (exact) mass is 226 g/mol. The molecule has 0 aromatic heterocycles. The molecule has 1 rings (SSSR count). The molecule has 0 bridgehead atoms. The van der Waals surface area contributed by atoms with Crippen LogP contribution in [0.4, 0.5) is 0 Å². The van der Waals surface area contributed by atoms with Gasteiger partial charge in [-0.2, -0.15) is 0 Å². The molecule has 1 atom stereocenters. The van der Waals surface area contributed by atoms with E-state index in [9.17, 15) is 0 Å². The Morgan fingerprint density at radius 1 is 1.31 bits per heavy atom. The summed E-state index contributed by atoms with van der Waals surface area (Å²) in [6.07, 6.45) is 8.15. The molecule has 0 spiro atoms. The molecule has 16 heavy (non-hydrogen) atoms. The summed E-state index contributed by atoms with van der Waals surface area (Å²) in [5.74, 6) is 2.01. The Balaban J connectivity index is 2.32. The quantitative estimate of drug-likeness (QED) is 0.480. The van der Waals surface area contributed by atoms with Crippen molar-refractivity contribution in [3.8, 4) is 0 Å². The third kappa shape index (κ3) is 5.02. The first kappa shape index (κ1) is 13.6. The fourth-order valence-corrected chi connectivity index (χ4v) is 2.08. The Kier molecular flexibility index (Phi) is 6.55. The maximum absolute atomic E-state index is 8.78. The summed E-state index contributed by atoms with van der Waals surface area (Å²) in [5.41, 5.74) is 1.54. The maximum Gasteiger partial charge on any atom is 0.0954 e.